The lowest BCUT2D eigenvalue weighted by Crippen LogP contribution is -2.26. The zero-order valence-corrected chi connectivity index (χ0v) is 8.31. The molecule has 1 aromatic rings. The van der Waals surface area contributed by atoms with Gasteiger partial charge in [-0.3, -0.25) is 0 Å². The van der Waals surface area contributed by atoms with Gasteiger partial charge in [0.15, 0.2) is 0 Å². The maximum Gasteiger partial charge on any atom is 0.272 e. The normalized spacial score (nSPS) is 30.2. The minimum absolute atomic E-state index is 0.248. The number of halogens is 3. The quantitative estimate of drug-likeness (QED) is 0.812. The summed E-state index contributed by atoms with van der Waals surface area (Å²) < 4.78 is 26.5. The van der Waals surface area contributed by atoms with Gasteiger partial charge >= 0.3 is 0 Å². The zero-order chi connectivity index (χ0) is 9.69. The largest absolute Gasteiger partial charge is 0.316 e. The van der Waals surface area contributed by atoms with E-state index in [0.717, 1.165) is 4.47 Å². The third-order valence-corrected chi connectivity index (χ3v) is 2.92. The SMILES string of the molecule is NC1(c2ccc(Br)cc2)CC1(F)F. The van der Waals surface area contributed by atoms with Crippen LogP contribution >= 0.6 is 15.9 Å². The number of hydrogen-bond donors (Lipinski definition) is 1. The molecule has 1 saturated carbocycles. The van der Waals surface area contributed by atoms with Gasteiger partial charge in [-0.15, -0.1) is 0 Å². The second-order valence-corrected chi connectivity index (χ2v) is 4.28. The molecule has 1 atom stereocenters. The molecule has 2 rings (SSSR count). The van der Waals surface area contributed by atoms with Crippen molar-refractivity contribution in [2.24, 2.45) is 5.73 Å². The van der Waals surface area contributed by atoms with Crippen molar-refractivity contribution in [1.29, 1.82) is 0 Å². The fourth-order valence-corrected chi connectivity index (χ4v) is 1.63. The molecule has 2 N–H and O–H groups in total. The molecule has 1 fully saturated rings. The van der Waals surface area contributed by atoms with Crippen LogP contribution in [-0.2, 0) is 5.54 Å². The van der Waals surface area contributed by atoms with Crippen molar-refractivity contribution < 1.29 is 8.78 Å². The standard InChI is InChI=1S/C9H8BrF2N/c10-7-3-1-6(2-4-7)8(13)5-9(8,11)12/h1-4H,5,13H2. The Morgan fingerprint density at radius 3 is 2.08 bits per heavy atom. The topological polar surface area (TPSA) is 26.0 Å². The summed E-state index contributed by atoms with van der Waals surface area (Å²) >= 11 is 3.23. The Morgan fingerprint density at radius 1 is 1.23 bits per heavy atom. The summed E-state index contributed by atoms with van der Waals surface area (Å²) in [5.41, 5.74) is 4.61. The first kappa shape index (κ1) is 9.09. The molecule has 1 aromatic carbocycles. The molecule has 0 amide bonds. The fraction of sp³-hybridized carbons (Fsp3) is 0.333. The molecule has 0 radical (unpaired) electrons. The van der Waals surface area contributed by atoms with Crippen molar-refractivity contribution >= 4 is 15.9 Å². The summed E-state index contributed by atoms with van der Waals surface area (Å²) in [4.78, 5) is 0. The van der Waals surface area contributed by atoms with Crippen LogP contribution in [0.5, 0.6) is 0 Å². The molecule has 1 aliphatic carbocycles. The number of rotatable bonds is 1. The van der Waals surface area contributed by atoms with Gasteiger partial charge in [0, 0.05) is 10.9 Å². The van der Waals surface area contributed by atoms with Gasteiger partial charge in [-0.1, -0.05) is 28.1 Å². The van der Waals surface area contributed by atoms with Crippen LogP contribution in [0.3, 0.4) is 0 Å². The van der Waals surface area contributed by atoms with Crippen LogP contribution in [0, 0.1) is 0 Å². The highest BCUT2D eigenvalue weighted by Gasteiger charge is 2.69. The van der Waals surface area contributed by atoms with E-state index in [1.807, 2.05) is 0 Å². The zero-order valence-electron chi connectivity index (χ0n) is 6.73. The first-order valence-corrected chi connectivity index (χ1v) is 4.68. The van der Waals surface area contributed by atoms with Crippen molar-refractivity contribution in [2.45, 2.75) is 17.9 Å². The maximum absolute atomic E-state index is 12.8. The summed E-state index contributed by atoms with van der Waals surface area (Å²) in [6.07, 6.45) is -0.248. The Hall–Kier alpha value is -0.480. The summed E-state index contributed by atoms with van der Waals surface area (Å²) in [5.74, 6) is -2.74. The molecule has 0 spiro atoms. The molecule has 0 heterocycles. The first-order valence-electron chi connectivity index (χ1n) is 3.88. The lowest BCUT2D eigenvalue weighted by molar-refractivity contribution is 0.0891. The van der Waals surface area contributed by atoms with Crippen molar-refractivity contribution in [3.05, 3.63) is 34.3 Å². The van der Waals surface area contributed by atoms with Gasteiger partial charge in [0.05, 0.1) is 0 Å². The molecule has 0 saturated heterocycles. The highest BCUT2D eigenvalue weighted by atomic mass is 79.9. The Bertz CT molecular complexity index is 336. The van der Waals surface area contributed by atoms with Crippen molar-refractivity contribution in [1.82, 2.24) is 0 Å². The van der Waals surface area contributed by atoms with Gasteiger partial charge in [0.25, 0.3) is 5.92 Å². The molecule has 0 bridgehead atoms. The maximum atomic E-state index is 12.8. The predicted octanol–water partition coefficient (Wildman–Crippen LogP) is 2.64. The Balaban J connectivity index is 2.34. The Kier molecular flexibility index (Phi) is 1.76. The monoisotopic (exact) mass is 247 g/mol. The summed E-state index contributed by atoms with van der Waals surface area (Å²) in [5, 5.41) is 0. The van der Waals surface area contributed by atoms with Crippen LogP contribution in [0.2, 0.25) is 0 Å². The fourth-order valence-electron chi connectivity index (χ4n) is 1.37. The molecule has 4 heteroatoms. The third kappa shape index (κ3) is 1.28. The smallest absolute Gasteiger partial charge is 0.272 e. The molecular weight excluding hydrogens is 240 g/mol. The van der Waals surface area contributed by atoms with Crippen LogP contribution in [0.25, 0.3) is 0 Å². The van der Waals surface area contributed by atoms with Gasteiger partial charge < -0.3 is 5.73 Å². The molecule has 1 aliphatic rings. The van der Waals surface area contributed by atoms with Crippen molar-refractivity contribution in [3.63, 3.8) is 0 Å². The van der Waals surface area contributed by atoms with Crippen LogP contribution in [0.1, 0.15) is 12.0 Å². The van der Waals surface area contributed by atoms with E-state index < -0.39 is 11.5 Å². The molecule has 1 unspecified atom stereocenters. The van der Waals surface area contributed by atoms with E-state index in [1.54, 1.807) is 24.3 Å². The van der Waals surface area contributed by atoms with Gasteiger partial charge in [0.1, 0.15) is 5.54 Å². The first-order chi connectivity index (χ1) is 5.96. The average molecular weight is 248 g/mol. The minimum Gasteiger partial charge on any atom is -0.316 e. The van der Waals surface area contributed by atoms with E-state index in [4.69, 9.17) is 5.73 Å². The highest BCUT2D eigenvalue weighted by molar-refractivity contribution is 9.10. The van der Waals surface area contributed by atoms with Gasteiger partial charge in [-0.05, 0) is 17.7 Å². The van der Waals surface area contributed by atoms with Gasteiger partial charge in [-0.2, -0.15) is 0 Å². The molecule has 13 heavy (non-hydrogen) atoms. The summed E-state index contributed by atoms with van der Waals surface area (Å²) in [6, 6.07) is 6.70. The van der Waals surface area contributed by atoms with Crippen LogP contribution in [-0.4, -0.2) is 5.92 Å². The Morgan fingerprint density at radius 2 is 1.69 bits per heavy atom. The number of benzene rings is 1. The second kappa shape index (κ2) is 2.51. The molecular formula is C9H8BrF2N. The molecule has 70 valence electrons. The van der Waals surface area contributed by atoms with E-state index >= 15 is 0 Å². The second-order valence-electron chi connectivity index (χ2n) is 3.36. The van der Waals surface area contributed by atoms with E-state index in [1.165, 1.54) is 0 Å². The van der Waals surface area contributed by atoms with E-state index in [-0.39, 0.29) is 6.42 Å². The van der Waals surface area contributed by atoms with E-state index in [9.17, 15) is 8.78 Å². The van der Waals surface area contributed by atoms with E-state index in [0.29, 0.717) is 5.56 Å². The predicted molar refractivity (Wildman–Crippen MR) is 49.6 cm³/mol. The lowest BCUT2D eigenvalue weighted by Gasteiger charge is -2.10. The number of nitrogens with two attached hydrogens (primary N) is 1. The van der Waals surface area contributed by atoms with Crippen molar-refractivity contribution in [3.8, 4) is 0 Å². The molecule has 0 aromatic heterocycles. The minimum atomic E-state index is -2.74. The highest BCUT2D eigenvalue weighted by Crippen LogP contribution is 2.57. The number of alkyl halides is 2. The number of hydrogen-bond acceptors (Lipinski definition) is 1. The van der Waals surface area contributed by atoms with Crippen molar-refractivity contribution in [2.75, 3.05) is 0 Å². The average Bonchev–Trinajstić information content (AvgIpc) is 2.53. The van der Waals surface area contributed by atoms with Crippen LogP contribution in [0.4, 0.5) is 8.78 Å². The van der Waals surface area contributed by atoms with Crippen LogP contribution < -0.4 is 5.73 Å². The molecule has 0 aliphatic heterocycles. The lowest BCUT2D eigenvalue weighted by atomic mass is 10.1. The third-order valence-electron chi connectivity index (χ3n) is 2.39. The van der Waals surface area contributed by atoms with E-state index in [2.05, 4.69) is 15.9 Å². The summed E-state index contributed by atoms with van der Waals surface area (Å²) in [7, 11) is 0. The Labute approximate surface area is 83.1 Å². The summed E-state index contributed by atoms with van der Waals surface area (Å²) in [6.45, 7) is 0. The van der Waals surface area contributed by atoms with Crippen LogP contribution in [0.15, 0.2) is 28.7 Å². The van der Waals surface area contributed by atoms with Gasteiger partial charge in [-0.25, -0.2) is 8.78 Å². The molecule has 1 nitrogen and oxygen atoms in total. The van der Waals surface area contributed by atoms with Gasteiger partial charge in [0.2, 0.25) is 0 Å².